The van der Waals surface area contributed by atoms with E-state index < -0.39 is 11.5 Å². The maximum atomic E-state index is 12.0. The topological polar surface area (TPSA) is 97.2 Å². The number of pyridine rings is 1. The summed E-state index contributed by atoms with van der Waals surface area (Å²) in [5.41, 5.74) is 7.85. The molecule has 0 bridgehead atoms. The Hall–Kier alpha value is -3.38. The third kappa shape index (κ3) is 4.38. The fourth-order valence-corrected chi connectivity index (χ4v) is 3.72. The number of carbonyl (C=O) groups is 1. The number of hydrogen-bond donors (Lipinski definition) is 3. The largest absolute Gasteiger partial charge is 0.457 e. The minimum atomic E-state index is -0.705. The number of H-pyrrole nitrogens is 1. The van der Waals surface area contributed by atoms with Crippen molar-refractivity contribution in [1.82, 2.24) is 10.3 Å². The van der Waals surface area contributed by atoms with Crippen molar-refractivity contribution in [3.63, 3.8) is 0 Å². The second-order valence-electron chi connectivity index (χ2n) is 7.20. The number of aryl methyl sites for hydroxylation is 1. The number of nitrogens with two attached hydrogens (primary N) is 1. The molecular weight excluding hydrogens is 366 g/mol. The van der Waals surface area contributed by atoms with Gasteiger partial charge in [0.25, 0.3) is 11.5 Å². The third-order valence-electron chi connectivity index (χ3n) is 5.15. The van der Waals surface area contributed by atoms with Gasteiger partial charge in [0.2, 0.25) is 0 Å². The van der Waals surface area contributed by atoms with E-state index in [1.54, 1.807) is 6.07 Å². The molecule has 6 heteroatoms. The molecule has 1 amide bonds. The van der Waals surface area contributed by atoms with Crippen LogP contribution in [0.5, 0.6) is 11.5 Å². The molecule has 0 saturated heterocycles. The van der Waals surface area contributed by atoms with E-state index in [1.807, 2.05) is 54.6 Å². The maximum Gasteiger partial charge on any atom is 0.261 e. The molecule has 2 aromatic carbocycles. The Kier molecular flexibility index (Phi) is 5.44. The molecule has 0 spiro atoms. The lowest BCUT2D eigenvalue weighted by atomic mass is 9.90. The van der Waals surface area contributed by atoms with Crippen LogP contribution in [0.1, 0.15) is 46.1 Å². The third-order valence-corrected chi connectivity index (χ3v) is 5.15. The van der Waals surface area contributed by atoms with Gasteiger partial charge in [-0.3, -0.25) is 9.59 Å². The fourth-order valence-electron chi connectivity index (χ4n) is 3.72. The molecule has 0 fully saturated rings. The van der Waals surface area contributed by atoms with Crippen LogP contribution in [0.2, 0.25) is 0 Å². The lowest BCUT2D eigenvalue weighted by Crippen LogP contribution is -2.31. The number of ether oxygens (including phenoxy) is 1. The zero-order valence-electron chi connectivity index (χ0n) is 16.0. The van der Waals surface area contributed by atoms with Crippen LogP contribution in [0.25, 0.3) is 0 Å². The second-order valence-corrected chi connectivity index (χ2v) is 7.20. The summed E-state index contributed by atoms with van der Waals surface area (Å²) in [6, 6.07) is 19.3. The number of aromatic nitrogens is 1. The molecular formula is C23H23N3O3. The predicted octanol–water partition coefficient (Wildman–Crippen LogP) is 3.43. The van der Waals surface area contributed by atoms with Crippen molar-refractivity contribution < 1.29 is 9.53 Å². The van der Waals surface area contributed by atoms with Crippen LogP contribution in [0, 0.1) is 0 Å². The highest BCUT2D eigenvalue weighted by atomic mass is 16.5. The van der Waals surface area contributed by atoms with Crippen molar-refractivity contribution in [2.24, 2.45) is 5.73 Å². The fraction of sp³-hybridized carbons (Fsp3) is 0.217. The SMILES string of the molecule is NC(=O)c1cc2c([nH]c1=O)CCCC2NCc1cccc(Oc2ccccc2)c1. The van der Waals surface area contributed by atoms with Gasteiger partial charge in [-0.1, -0.05) is 30.3 Å². The summed E-state index contributed by atoms with van der Waals surface area (Å²) in [7, 11) is 0. The van der Waals surface area contributed by atoms with E-state index in [9.17, 15) is 9.59 Å². The highest BCUT2D eigenvalue weighted by molar-refractivity contribution is 5.92. The Bertz CT molecular complexity index is 1080. The highest BCUT2D eigenvalue weighted by Crippen LogP contribution is 2.29. The number of aromatic amines is 1. The zero-order chi connectivity index (χ0) is 20.2. The Morgan fingerprint density at radius 3 is 2.69 bits per heavy atom. The van der Waals surface area contributed by atoms with Crippen LogP contribution < -0.4 is 21.3 Å². The minimum Gasteiger partial charge on any atom is -0.457 e. The first-order chi connectivity index (χ1) is 14.1. The van der Waals surface area contributed by atoms with Gasteiger partial charge in [-0.25, -0.2) is 0 Å². The van der Waals surface area contributed by atoms with Gasteiger partial charge >= 0.3 is 0 Å². The van der Waals surface area contributed by atoms with Crippen LogP contribution in [0.3, 0.4) is 0 Å². The summed E-state index contributed by atoms with van der Waals surface area (Å²) in [6.07, 6.45) is 2.69. The van der Waals surface area contributed by atoms with E-state index in [0.717, 1.165) is 47.6 Å². The van der Waals surface area contributed by atoms with Crippen LogP contribution in [0.15, 0.2) is 65.5 Å². The number of benzene rings is 2. The standard InChI is InChI=1S/C23H23N3O3/c24-22(27)19-13-18-20(10-5-11-21(18)26-23(19)28)25-14-15-6-4-9-17(12-15)29-16-7-2-1-3-8-16/h1-4,6-9,12-13,20,25H,5,10-11,14H2,(H2,24,27)(H,26,28). The van der Waals surface area contributed by atoms with E-state index in [1.165, 1.54) is 0 Å². The number of carbonyl (C=O) groups excluding carboxylic acids is 1. The van der Waals surface area contributed by atoms with Gasteiger partial charge in [-0.2, -0.15) is 0 Å². The van der Waals surface area contributed by atoms with E-state index in [-0.39, 0.29) is 11.6 Å². The zero-order valence-corrected chi connectivity index (χ0v) is 16.0. The van der Waals surface area contributed by atoms with Gasteiger partial charge in [0.1, 0.15) is 17.1 Å². The van der Waals surface area contributed by atoms with Crippen molar-refractivity contribution in [2.75, 3.05) is 0 Å². The second kappa shape index (κ2) is 8.32. The van der Waals surface area contributed by atoms with Crippen molar-refractivity contribution in [1.29, 1.82) is 0 Å². The molecule has 1 aliphatic carbocycles. The lowest BCUT2D eigenvalue weighted by molar-refractivity contribution is 0.0998. The quantitative estimate of drug-likeness (QED) is 0.602. The molecule has 29 heavy (non-hydrogen) atoms. The molecule has 0 saturated carbocycles. The van der Waals surface area contributed by atoms with Crippen LogP contribution in [-0.4, -0.2) is 10.9 Å². The molecule has 1 aliphatic rings. The lowest BCUT2D eigenvalue weighted by Gasteiger charge is -2.26. The van der Waals surface area contributed by atoms with Gasteiger partial charge in [0.15, 0.2) is 0 Å². The predicted molar refractivity (Wildman–Crippen MR) is 111 cm³/mol. The van der Waals surface area contributed by atoms with E-state index in [4.69, 9.17) is 10.5 Å². The molecule has 4 N–H and O–H groups in total. The molecule has 148 valence electrons. The van der Waals surface area contributed by atoms with Crippen LogP contribution in [-0.2, 0) is 13.0 Å². The molecule has 1 aromatic heterocycles. The molecule has 4 rings (SSSR count). The molecule has 0 radical (unpaired) electrons. The van der Waals surface area contributed by atoms with Gasteiger partial charge < -0.3 is 20.8 Å². The summed E-state index contributed by atoms with van der Waals surface area (Å²) >= 11 is 0. The first-order valence-corrected chi connectivity index (χ1v) is 9.71. The summed E-state index contributed by atoms with van der Waals surface area (Å²) in [5.74, 6) is 0.866. The monoisotopic (exact) mass is 389 g/mol. The Balaban J connectivity index is 1.49. The smallest absolute Gasteiger partial charge is 0.261 e. The molecule has 1 heterocycles. The number of nitrogens with one attached hydrogen (secondary N) is 2. The van der Waals surface area contributed by atoms with Crippen molar-refractivity contribution >= 4 is 5.91 Å². The van der Waals surface area contributed by atoms with Gasteiger partial charge in [0.05, 0.1) is 0 Å². The Morgan fingerprint density at radius 1 is 1.10 bits per heavy atom. The summed E-state index contributed by atoms with van der Waals surface area (Å²) in [5, 5.41) is 3.54. The number of primary amides is 1. The molecule has 6 nitrogen and oxygen atoms in total. The average molecular weight is 389 g/mol. The summed E-state index contributed by atoms with van der Waals surface area (Å²) in [4.78, 5) is 26.4. The Labute approximate surface area is 168 Å². The number of hydrogen-bond acceptors (Lipinski definition) is 4. The van der Waals surface area contributed by atoms with E-state index in [0.29, 0.717) is 6.54 Å². The maximum absolute atomic E-state index is 12.0. The molecule has 3 aromatic rings. The number of rotatable bonds is 6. The number of fused-ring (bicyclic) bond motifs is 1. The van der Waals surface area contributed by atoms with Gasteiger partial charge in [-0.05, 0) is 60.7 Å². The van der Waals surface area contributed by atoms with E-state index >= 15 is 0 Å². The minimum absolute atomic E-state index is 0.00992. The average Bonchev–Trinajstić information content (AvgIpc) is 2.72. The van der Waals surface area contributed by atoms with Crippen LogP contribution in [0.4, 0.5) is 0 Å². The molecule has 1 atom stereocenters. The van der Waals surface area contributed by atoms with Crippen molar-refractivity contribution in [3.05, 3.63) is 93.4 Å². The summed E-state index contributed by atoms with van der Waals surface area (Å²) < 4.78 is 5.90. The van der Waals surface area contributed by atoms with Crippen molar-refractivity contribution in [2.45, 2.75) is 31.8 Å². The highest BCUT2D eigenvalue weighted by Gasteiger charge is 2.23. The first-order valence-electron chi connectivity index (χ1n) is 9.71. The number of amides is 1. The Morgan fingerprint density at radius 2 is 1.90 bits per heavy atom. The van der Waals surface area contributed by atoms with Gasteiger partial charge in [-0.15, -0.1) is 0 Å². The van der Waals surface area contributed by atoms with Crippen molar-refractivity contribution in [3.8, 4) is 11.5 Å². The molecule has 1 unspecified atom stereocenters. The number of para-hydroxylation sites is 1. The summed E-state index contributed by atoms with van der Waals surface area (Å²) in [6.45, 7) is 0.640. The normalized spacial score (nSPS) is 15.5. The van der Waals surface area contributed by atoms with Gasteiger partial charge in [0, 0.05) is 18.3 Å². The van der Waals surface area contributed by atoms with Crippen LogP contribution >= 0.6 is 0 Å². The first kappa shape index (κ1) is 19.0. The van der Waals surface area contributed by atoms with E-state index in [2.05, 4.69) is 10.3 Å². The molecule has 0 aliphatic heterocycles.